The van der Waals surface area contributed by atoms with E-state index in [-0.39, 0.29) is 0 Å². The summed E-state index contributed by atoms with van der Waals surface area (Å²) >= 11 is 0. The molecule has 0 spiro atoms. The minimum atomic E-state index is -4.35. The summed E-state index contributed by atoms with van der Waals surface area (Å²) in [5, 5.41) is 4.64. The fourth-order valence-corrected chi connectivity index (χ4v) is 5.92. The minimum Gasteiger partial charge on any atom is -0.166 e. The average molecular weight is 551 g/mol. The van der Waals surface area contributed by atoms with Gasteiger partial charge in [0, 0.05) is 0 Å². The molecule has 42 heavy (non-hydrogen) atoms. The zero-order chi connectivity index (χ0) is 28.7. The molecule has 7 aromatic carbocycles. The van der Waals surface area contributed by atoms with Gasteiger partial charge in [-0.25, -0.2) is 0 Å². The molecule has 0 nitrogen and oxygen atoms in total. The molecule has 0 aliphatic heterocycles. The van der Waals surface area contributed by atoms with Crippen LogP contribution in [0.15, 0.2) is 152 Å². The van der Waals surface area contributed by atoms with Gasteiger partial charge in [-0.3, -0.25) is 0 Å². The SMILES string of the molecule is FC(F)(F)c1ccc(-c2ccc(-c3c4ccccc4c(-c4cccc(-c5ccccc5)c4)c4ccccc34)cc2)cc1. The van der Waals surface area contributed by atoms with Crippen LogP contribution >= 0.6 is 0 Å². The lowest BCUT2D eigenvalue weighted by atomic mass is 9.85. The molecule has 0 unspecified atom stereocenters. The molecule has 7 aromatic rings. The molecule has 0 saturated heterocycles. The van der Waals surface area contributed by atoms with Gasteiger partial charge in [0.05, 0.1) is 5.56 Å². The van der Waals surface area contributed by atoms with Crippen molar-refractivity contribution in [3.8, 4) is 44.5 Å². The molecule has 7 rings (SSSR count). The number of halogens is 3. The number of hydrogen-bond donors (Lipinski definition) is 0. The minimum absolute atomic E-state index is 0.643. The third-order valence-corrected chi connectivity index (χ3v) is 7.91. The molecular formula is C39H25F3. The van der Waals surface area contributed by atoms with Gasteiger partial charge in [-0.1, -0.05) is 133 Å². The molecule has 3 heteroatoms. The Balaban J connectivity index is 1.39. The molecule has 0 N–H and O–H groups in total. The molecule has 0 saturated carbocycles. The van der Waals surface area contributed by atoms with Gasteiger partial charge in [0.25, 0.3) is 0 Å². The van der Waals surface area contributed by atoms with Crippen molar-refractivity contribution in [2.75, 3.05) is 0 Å². The summed E-state index contributed by atoms with van der Waals surface area (Å²) in [4.78, 5) is 0. The predicted molar refractivity (Wildman–Crippen MR) is 168 cm³/mol. The standard InChI is InChI=1S/C39H25F3/c40-39(41,42)32-23-21-28(22-24-32)27-17-19-29(20-18-27)37-33-13-4-6-15-35(33)38(36-16-7-5-14-34(36)37)31-12-8-11-30(25-31)26-9-2-1-3-10-26/h1-25H. The fourth-order valence-electron chi connectivity index (χ4n) is 5.92. The van der Waals surface area contributed by atoms with Crippen LogP contribution in [0.4, 0.5) is 13.2 Å². The summed E-state index contributed by atoms with van der Waals surface area (Å²) in [6.45, 7) is 0. The molecule has 0 atom stereocenters. The summed E-state index contributed by atoms with van der Waals surface area (Å²) in [6.07, 6.45) is -4.35. The van der Waals surface area contributed by atoms with Crippen LogP contribution in [-0.2, 0) is 6.18 Å². The highest BCUT2D eigenvalue weighted by molar-refractivity contribution is 6.21. The molecule has 0 heterocycles. The van der Waals surface area contributed by atoms with Gasteiger partial charge in [0.1, 0.15) is 0 Å². The van der Waals surface area contributed by atoms with Crippen LogP contribution in [0.1, 0.15) is 5.56 Å². The summed E-state index contributed by atoms with van der Waals surface area (Å²) in [5.41, 5.74) is 7.88. The van der Waals surface area contributed by atoms with Crippen molar-refractivity contribution in [1.29, 1.82) is 0 Å². The number of hydrogen-bond acceptors (Lipinski definition) is 0. The highest BCUT2D eigenvalue weighted by atomic mass is 19.4. The van der Waals surface area contributed by atoms with E-state index in [2.05, 4.69) is 109 Å². The summed E-state index contributed by atoms with van der Waals surface area (Å²) in [7, 11) is 0. The maximum Gasteiger partial charge on any atom is 0.416 e. The van der Waals surface area contributed by atoms with Crippen molar-refractivity contribution in [2.24, 2.45) is 0 Å². The van der Waals surface area contributed by atoms with E-state index in [9.17, 15) is 13.2 Å². The van der Waals surface area contributed by atoms with E-state index in [0.29, 0.717) is 0 Å². The molecule has 0 bridgehead atoms. The van der Waals surface area contributed by atoms with Gasteiger partial charge in [-0.15, -0.1) is 0 Å². The first kappa shape index (κ1) is 25.8. The monoisotopic (exact) mass is 550 g/mol. The molecule has 0 fully saturated rings. The molecule has 0 aliphatic carbocycles. The van der Waals surface area contributed by atoms with Gasteiger partial charge in [-0.2, -0.15) is 13.2 Å². The quantitative estimate of drug-likeness (QED) is 0.191. The Hall–Kier alpha value is -5.15. The van der Waals surface area contributed by atoms with Crippen molar-refractivity contribution >= 4 is 21.5 Å². The largest absolute Gasteiger partial charge is 0.416 e. The second kappa shape index (κ2) is 10.4. The topological polar surface area (TPSA) is 0 Å². The lowest BCUT2D eigenvalue weighted by Gasteiger charge is -2.18. The average Bonchev–Trinajstić information content (AvgIpc) is 3.04. The van der Waals surface area contributed by atoms with Gasteiger partial charge in [0.2, 0.25) is 0 Å². The first-order valence-electron chi connectivity index (χ1n) is 13.8. The van der Waals surface area contributed by atoms with Crippen LogP contribution in [0.2, 0.25) is 0 Å². The first-order valence-corrected chi connectivity index (χ1v) is 13.8. The van der Waals surface area contributed by atoms with E-state index in [1.807, 2.05) is 18.2 Å². The maximum atomic E-state index is 13.1. The zero-order valence-corrected chi connectivity index (χ0v) is 22.6. The lowest BCUT2D eigenvalue weighted by molar-refractivity contribution is -0.137. The van der Waals surface area contributed by atoms with Crippen LogP contribution in [0.3, 0.4) is 0 Å². The predicted octanol–water partition coefficient (Wildman–Crippen LogP) is 11.7. The van der Waals surface area contributed by atoms with E-state index in [1.165, 1.54) is 39.6 Å². The molecule has 0 aliphatic rings. The highest BCUT2D eigenvalue weighted by Crippen LogP contribution is 2.44. The van der Waals surface area contributed by atoms with Gasteiger partial charge in [0.15, 0.2) is 0 Å². The summed E-state index contributed by atoms with van der Waals surface area (Å²) < 4.78 is 39.2. The Labute approximate surface area is 242 Å². The van der Waals surface area contributed by atoms with Gasteiger partial charge >= 0.3 is 6.18 Å². The summed E-state index contributed by atoms with van der Waals surface area (Å²) in [5.74, 6) is 0. The Kier molecular flexibility index (Phi) is 6.36. The van der Waals surface area contributed by atoms with Gasteiger partial charge in [-0.05, 0) is 84.3 Å². The number of benzene rings is 7. The van der Waals surface area contributed by atoms with Crippen LogP contribution in [0, 0.1) is 0 Å². The number of fused-ring (bicyclic) bond motifs is 2. The van der Waals surface area contributed by atoms with E-state index in [0.717, 1.165) is 50.7 Å². The van der Waals surface area contributed by atoms with E-state index < -0.39 is 11.7 Å². The van der Waals surface area contributed by atoms with Crippen molar-refractivity contribution in [2.45, 2.75) is 6.18 Å². The van der Waals surface area contributed by atoms with Crippen molar-refractivity contribution in [3.63, 3.8) is 0 Å². The van der Waals surface area contributed by atoms with Crippen molar-refractivity contribution in [1.82, 2.24) is 0 Å². The van der Waals surface area contributed by atoms with Crippen molar-refractivity contribution < 1.29 is 13.2 Å². The Morgan fingerprint density at radius 2 is 0.690 bits per heavy atom. The molecule has 0 aromatic heterocycles. The second-order valence-corrected chi connectivity index (χ2v) is 10.4. The maximum absolute atomic E-state index is 13.1. The Bertz CT molecular complexity index is 1980. The van der Waals surface area contributed by atoms with Gasteiger partial charge < -0.3 is 0 Å². The smallest absolute Gasteiger partial charge is 0.166 e. The number of alkyl halides is 3. The number of rotatable bonds is 4. The normalized spacial score (nSPS) is 11.7. The fraction of sp³-hybridized carbons (Fsp3) is 0.0256. The third kappa shape index (κ3) is 4.63. The van der Waals surface area contributed by atoms with E-state index >= 15 is 0 Å². The van der Waals surface area contributed by atoms with Crippen LogP contribution in [-0.4, -0.2) is 0 Å². The van der Waals surface area contributed by atoms with Crippen LogP contribution < -0.4 is 0 Å². The molecule has 0 amide bonds. The van der Waals surface area contributed by atoms with Crippen LogP contribution in [0.25, 0.3) is 66.1 Å². The highest BCUT2D eigenvalue weighted by Gasteiger charge is 2.30. The Morgan fingerprint density at radius 1 is 0.310 bits per heavy atom. The molecule has 0 radical (unpaired) electrons. The van der Waals surface area contributed by atoms with Crippen LogP contribution in [0.5, 0.6) is 0 Å². The molecule has 202 valence electrons. The van der Waals surface area contributed by atoms with E-state index in [1.54, 1.807) is 0 Å². The lowest BCUT2D eigenvalue weighted by Crippen LogP contribution is -2.03. The van der Waals surface area contributed by atoms with Crippen molar-refractivity contribution in [3.05, 3.63) is 157 Å². The summed E-state index contributed by atoms with van der Waals surface area (Å²) in [6, 6.07) is 49.6. The first-order chi connectivity index (χ1) is 20.5. The Morgan fingerprint density at radius 3 is 1.21 bits per heavy atom. The zero-order valence-electron chi connectivity index (χ0n) is 22.6. The van der Waals surface area contributed by atoms with E-state index in [4.69, 9.17) is 0 Å². The third-order valence-electron chi connectivity index (χ3n) is 7.91. The second-order valence-electron chi connectivity index (χ2n) is 10.4. The molecular weight excluding hydrogens is 525 g/mol.